The minimum Gasteiger partial charge on any atom is -0.505 e. The van der Waals surface area contributed by atoms with E-state index in [1.165, 1.54) is 32.4 Å². The number of fused-ring (bicyclic) bond motifs is 1. The lowest BCUT2D eigenvalue weighted by molar-refractivity contribution is -0.385. The molecule has 0 spiro atoms. The number of aryl methyl sites for hydroxylation is 1. The van der Waals surface area contributed by atoms with Crippen molar-refractivity contribution in [3.63, 3.8) is 0 Å². The highest BCUT2D eigenvalue weighted by Gasteiger charge is 2.21. The van der Waals surface area contributed by atoms with Gasteiger partial charge in [0.05, 0.1) is 36.2 Å². The van der Waals surface area contributed by atoms with Crippen molar-refractivity contribution in [2.75, 3.05) is 42.5 Å². The third-order valence-corrected chi connectivity index (χ3v) is 11.3. The number of nitrogen functional groups attached to an aromatic ring is 4. The van der Waals surface area contributed by atoms with E-state index in [4.69, 9.17) is 32.4 Å². The molecular weight excluding hydrogens is 873 g/mol. The first-order valence-electron chi connectivity index (χ1n) is 17.3. The van der Waals surface area contributed by atoms with Crippen LogP contribution in [0.1, 0.15) is 16.7 Å². The Morgan fingerprint density at radius 2 is 1.11 bits per heavy atom. The van der Waals surface area contributed by atoms with Crippen molar-refractivity contribution in [3.05, 3.63) is 124 Å². The molecule has 328 valence electrons. The molecule has 0 aliphatic carbocycles. The highest BCUT2D eigenvalue weighted by Crippen LogP contribution is 2.38. The number of nitrogens with one attached hydrogen (secondary N) is 1. The van der Waals surface area contributed by atoms with E-state index < -0.39 is 55.7 Å². The number of non-ortho nitro benzene ring substituents is 1. The quantitative estimate of drug-likeness (QED) is 0.0186. The largest absolute Gasteiger partial charge is 0.505 e. The summed E-state index contributed by atoms with van der Waals surface area (Å²) in [5, 5.41) is 24.9. The maximum absolute atomic E-state index is 11.5. The lowest BCUT2D eigenvalue weighted by Gasteiger charge is -2.12. The molecule has 23 heteroatoms. The molecule has 0 saturated heterocycles. The highest BCUT2D eigenvalue weighted by molar-refractivity contribution is 7.86. The molecule has 0 radical (unpaired) electrons. The van der Waals surface area contributed by atoms with Crippen LogP contribution in [-0.4, -0.2) is 63.2 Å². The molecule has 0 fully saturated rings. The number of methoxy groups -OCH3 is 2. The smallest absolute Gasteiger partial charge is 0.296 e. The van der Waals surface area contributed by atoms with Crippen LogP contribution in [0, 0.1) is 17.0 Å². The van der Waals surface area contributed by atoms with Crippen molar-refractivity contribution in [3.8, 4) is 17.2 Å². The molecule has 20 nitrogen and oxygen atoms in total. The van der Waals surface area contributed by atoms with Crippen molar-refractivity contribution in [1.29, 1.82) is 0 Å². The van der Waals surface area contributed by atoms with Crippen LogP contribution < -0.4 is 37.7 Å². The van der Waals surface area contributed by atoms with Gasteiger partial charge in [0.25, 0.3) is 36.0 Å². The fraction of sp³-hybridized carbons (Fsp3) is 0.0769. The van der Waals surface area contributed by atoms with Crippen molar-refractivity contribution in [1.82, 2.24) is 0 Å². The Balaban J connectivity index is 0.000000218. The Kier molecular flexibility index (Phi) is 14.6. The van der Waals surface area contributed by atoms with Gasteiger partial charge in [-0.25, -0.2) is 0 Å². The number of phenols is 1. The van der Waals surface area contributed by atoms with Crippen molar-refractivity contribution in [2.24, 2.45) is 0 Å². The van der Waals surface area contributed by atoms with Gasteiger partial charge < -0.3 is 42.8 Å². The predicted octanol–water partition coefficient (Wildman–Crippen LogP) is 6.14. The molecule has 0 aromatic heterocycles. The van der Waals surface area contributed by atoms with Crippen molar-refractivity contribution >= 4 is 93.1 Å². The maximum atomic E-state index is 11.5. The van der Waals surface area contributed by atoms with Gasteiger partial charge in [-0.15, -0.1) is 0 Å². The molecule has 6 aromatic rings. The zero-order valence-electron chi connectivity index (χ0n) is 32.7. The van der Waals surface area contributed by atoms with Gasteiger partial charge in [0.1, 0.15) is 31.9 Å². The second-order valence-electron chi connectivity index (χ2n) is 12.9. The average molecular weight is 913 g/mol. The molecule has 0 amide bonds. The summed E-state index contributed by atoms with van der Waals surface area (Å²) in [6.45, 7) is 1.99. The van der Waals surface area contributed by atoms with Gasteiger partial charge in [0.15, 0.2) is 0 Å². The van der Waals surface area contributed by atoms with E-state index in [1.54, 1.807) is 30.3 Å². The summed E-state index contributed by atoms with van der Waals surface area (Å²) in [6.07, 6.45) is 2.27. The number of anilines is 6. The molecule has 62 heavy (non-hydrogen) atoms. The molecule has 13 N–H and O–H groups in total. The van der Waals surface area contributed by atoms with Gasteiger partial charge in [0.2, 0.25) is 0 Å². The Labute approximate surface area is 355 Å². The standard InChI is InChI=1S/C17H16N2O4S.C14H12N2O8S2.C8H12N2O2/c1-10-2-4-12(5-3-10)19-13-6-7-14-11(8-13)9-15(24(21,22)23)16(18)17(14)20;15-11-5-3-9(13(7-11)25(19,20)21)1-2-10-4-6-12(16(17)18)8-14(10)26(22,23)24;1-11-7-3-6(10)8(12-2)4-5(7)9/h2-9,19-20H,18H2,1H3,(H,21,22,23);1-8H,15H2,(H,19,20,21)(H,22,23,24);3-4H,9-10H2,1-2H3. The number of nitrogens with zero attached hydrogens (tertiary/aromatic N) is 1. The van der Waals surface area contributed by atoms with Gasteiger partial charge in [-0.1, -0.05) is 35.9 Å². The average Bonchev–Trinajstić information content (AvgIpc) is 3.19. The fourth-order valence-electron chi connectivity index (χ4n) is 5.51. The number of nitrogens with two attached hydrogens (primary N) is 4. The van der Waals surface area contributed by atoms with Crippen LogP contribution in [0.15, 0.2) is 112 Å². The molecule has 0 saturated carbocycles. The minimum atomic E-state index is -4.78. The van der Waals surface area contributed by atoms with Gasteiger partial charge >= 0.3 is 0 Å². The summed E-state index contributed by atoms with van der Waals surface area (Å²) in [7, 11) is -10.8. The SMILES string of the molecule is COc1cc(N)c(OC)cc1N.Cc1ccc(Nc2ccc3c(O)c(N)c(S(=O)(=O)O)cc3c2)cc1.Nc1ccc(C=Cc2ccc([N+](=O)[O-])cc2S(=O)(=O)O)c(S(=O)(=O)O)c1. The number of nitro benzene ring substituents is 1. The van der Waals surface area contributed by atoms with Gasteiger partial charge in [-0.05, 0) is 78.0 Å². The third kappa shape index (κ3) is 12.0. The molecule has 0 bridgehead atoms. The van der Waals surface area contributed by atoms with Crippen LogP contribution in [0.2, 0.25) is 0 Å². The van der Waals surface area contributed by atoms with Crippen LogP contribution in [0.3, 0.4) is 0 Å². The zero-order chi connectivity index (χ0) is 46.3. The lowest BCUT2D eigenvalue weighted by atomic mass is 10.1. The van der Waals surface area contributed by atoms with Crippen LogP contribution in [0.25, 0.3) is 22.9 Å². The number of hydrogen-bond donors (Lipinski definition) is 9. The molecule has 0 heterocycles. The Bertz CT molecular complexity index is 3010. The molecule has 0 unspecified atom stereocenters. The topological polar surface area (TPSA) is 361 Å². The Morgan fingerprint density at radius 3 is 1.60 bits per heavy atom. The summed E-state index contributed by atoms with van der Waals surface area (Å²) in [5.74, 6) is 0.753. The second-order valence-corrected chi connectivity index (χ2v) is 17.1. The molecular formula is C39H40N6O14S3. The van der Waals surface area contributed by atoms with E-state index in [9.17, 15) is 54.1 Å². The van der Waals surface area contributed by atoms with Crippen LogP contribution in [0.5, 0.6) is 17.2 Å². The Hall–Kier alpha value is -7.15. The van der Waals surface area contributed by atoms with E-state index in [-0.39, 0.29) is 28.3 Å². The summed E-state index contributed by atoms with van der Waals surface area (Å²) in [4.78, 5) is 8.17. The van der Waals surface area contributed by atoms with Crippen LogP contribution in [0.4, 0.5) is 39.8 Å². The first-order chi connectivity index (χ1) is 28.8. The Morgan fingerprint density at radius 1 is 0.629 bits per heavy atom. The normalized spacial score (nSPS) is 11.5. The van der Waals surface area contributed by atoms with E-state index in [0.717, 1.165) is 41.6 Å². The summed E-state index contributed by atoms with van der Waals surface area (Å²) >= 11 is 0. The van der Waals surface area contributed by atoms with Gasteiger partial charge in [-0.2, -0.15) is 25.3 Å². The van der Waals surface area contributed by atoms with Crippen molar-refractivity contribution < 1.29 is 58.4 Å². The van der Waals surface area contributed by atoms with Gasteiger partial charge in [0, 0.05) is 46.7 Å². The minimum absolute atomic E-state index is 0.0126. The molecule has 6 aromatic carbocycles. The number of nitro groups is 1. The molecule has 0 atom stereocenters. The van der Waals surface area contributed by atoms with E-state index in [0.29, 0.717) is 45.4 Å². The van der Waals surface area contributed by atoms with E-state index in [2.05, 4.69) is 5.32 Å². The zero-order valence-corrected chi connectivity index (χ0v) is 35.2. The lowest BCUT2D eigenvalue weighted by Crippen LogP contribution is -2.03. The summed E-state index contributed by atoms with van der Waals surface area (Å²) in [6, 6.07) is 23.7. The monoisotopic (exact) mass is 912 g/mol. The number of aromatic hydroxyl groups is 1. The van der Waals surface area contributed by atoms with Crippen LogP contribution >= 0.6 is 0 Å². The number of hydrogen-bond acceptors (Lipinski definition) is 16. The fourth-order valence-corrected chi connectivity index (χ4v) is 7.58. The predicted molar refractivity (Wildman–Crippen MR) is 235 cm³/mol. The second kappa shape index (κ2) is 19.1. The third-order valence-electron chi connectivity index (χ3n) is 8.56. The number of benzene rings is 6. The number of ether oxygens (including phenoxy) is 2. The first kappa shape index (κ1) is 47.5. The van der Waals surface area contributed by atoms with E-state index in [1.807, 2.05) is 31.2 Å². The highest BCUT2D eigenvalue weighted by atomic mass is 32.2. The maximum Gasteiger partial charge on any atom is 0.296 e. The van der Waals surface area contributed by atoms with Crippen molar-refractivity contribution in [2.45, 2.75) is 21.6 Å². The molecule has 0 aliphatic heterocycles. The summed E-state index contributed by atoms with van der Waals surface area (Å²) in [5.41, 5.74) is 25.1. The summed E-state index contributed by atoms with van der Waals surface area (Å²) < 4.78 is 106. The first-order valence-corrected chi connectivity index (χ1v) is 21.6. The number of rotatable bonds is 10. The van der Waals surface area contributed by atoms with E-state index >= 15 is 0 Å². The molecule has 6 rings (SSSR count). The van der Waals surface area contributed by atoms with Crippen LogP contribution in [-0.2, 0) is 30.4 Å². The van der Waals surface area contributed by atoms with Gasteiger partial charge in [-0.3, -0.25) is 23.8 Å². The number of phenolic OH excluding ortho intramolecular Hbond substituents is 1. The molecule has 0 aliphatic rings.